The molecule has 134 valence electrons. The van der Waals surface area contributed by atoms with Crippen LogP contribution >= 0.6 is 0 Å². The van der Waals surface area contributed by atoms with Crippen LogP contribution in [0, 0.1) is 24.0 Å². The number of methoxy groups -OCH3 is 2. The monoisotopic (exact) mass is 366 g/mol. The van der Waals surface area contributed by atoms with Gasteiger partial charge in [-0.15, -0.1) is 0 Å². The number of nitrogens with zero attached hydrogens (tertiary/aromatic N) is 1. The lowest BCUT2D eigenvalue weighted by molar-refractivity contribution is -0.384. The van der Waals surface area contributed by atoms with Gasteiger partial charge in [0.15, 0.2) is 0 Å². The molecule has 0 aliphatic heterocycles. The van der Waals surface area contributed by atoms with Crippen molar-refractivity contribution in [3.63, 3.8) is 0 Å². The van der Waals surface area contributed by atoms with Gasteiger partial charge >= 0.3 is 0 Å². The summed E-state index contributed by atoms with van der Waals surface area (Å²) in [6, 6.07) is 6.76. The van der Waals surface area contributed by atoms with Crippen LogP contribution in [-0.4, -0.2) is 27.6 Å². The molecular weight excluding hydrogens is 348 g/mol. The van der Waals surface area contributed by atoms with E-state index in [2.05, 4.69) is 4.72 Å². The highest BCUT2D eigenvalue weighted by molar-refractivity contribution is 7.92. The van der Waals surface area contributed by atoms with Crippen LogP contribution < -0.4 is 14.2 Å². The summed E-state index contributed by atoms with van der Waals surface area (Å²) in [7, 11) is -1.30. The maximum atomic E-state index is 12.8. The molecule has 0 saturated carbocycles. The van der Waals surface area contributed by atoms with E-state index in [4.69, 9.17) is 9.47 Å². The summed E-state index contributed by atoms with van der Waals surface area (Å²) >= 11 is 0. The van der Waals surface area contributed by atoms with E-state index in [9.17, 15) is 18.5 Å². The molecule has 0 radical (unpaired) electrons. The largest absolute Gasteiger partial charge is 0.495 e. The molecule has 0 heterocycles. The fourth-order valence-corrected chi connectivity index (χ4v) is 3.52. The molecule has 2 aromatic carbocycles. The second-order valence-electron chi connectivity index (χ2n) is 5.33. The zero-order chi connectivity index (χ0) is 18.8. The van der Waals surface area contributed by atoms with Gasteiger partial charge in [-0.1, -0.05) is 0 Å². The van der Waals surface area contributed by atoms with Crippen molar-refractivity contribution in [1.29, 1.82) is 0 Å². The van der Waals surface area contributed by atoms with Crippen molar-refractivity contribution in [2.45, 2.75) is 18.7 Å². The van der Waals surface area contributed by atoms with Crippen LogP contribution in [0.4, 0.5) is 11.4 Å². The van der Waals surface area contributed by atoms with Crippen molar-refractivity contribution in [1.82, 2.24) is 0 Å². The number of aryl methyl sites for hydroxylation is 2. The molecule has 0 atom stereocenters. The van der Waals surface area contributed by atoms with Gasteiger partial charge in [-0.25, -0.2) is 8.42 Å². The van der Waals surface area contributed by atoms with Crippen LogP contribution in [-0.2, 0) is 10.0 Å². The predicted octanol–water partition coefficient (Wildman–Crippen LogP) is 3.03. The van der Waals surface area contributed by atoms with E-state index in [-0.39, 0.29) is 27.8 Å². The molecule has 1 N–H and O–H groups in total. The summed E-state index contributed by atoms with van der Waals surface area (Å²) in [5, 5.41) is 10.8. The zero-order valence-electron chi connectivity index (χ0n) is 14.2. The first-order chi connectivity index (χ1) is 11.7. The summed E-state index contributed by atoms with van der Waals surface area (Å²) in [4.78, 5) is 10.2. The Hall–Kier alpha value is -2.81. The normalized spacial score (nSPS) is 11.0. The molecule has 0 aliphatic carbocycles. The molecule has 2 aromatic rings. The van der Waals surface area contributed by atoms with Gasteiger partial charge in [-0.2, -0.15) is 0 Å². The van der Waals surface area contributed by atoms with Crippen molar-refractivity contribution in [2.75, 3.05) is 18.9 Å². The highest BCUT2D eigenvalue weighted by atomic mass is 32.2. The maximum absolute atomic E-state index is 12.8. The quantitative estimate of drug-likeness (QED) is 0.622. The molecule has 0 aromatic heterocycles. The number of non-ortho nitro benzene ring substituents is 1. The van der Waals surface area contributed by atoms with Gasteiger partial charge in [-0.05, 0) is 43.2 Å². The van der Waals surface area contributed by atoms with E-state index in [1.54, 1.807) is 13.0 Å². The Bertz CT molecular complexity index is 924. The van der Waals surface area contributed by atoms with Crippen LogP contribution in [0.15, 0.2) is 35.2 Å². The number of hydrogen-bond acceptors (Lipinski definition) is 6. The van der Waals surface area contributed by atoms with Crippen molar-refractivity contribution < 1.29 is 22.8 Å². The molecule has 0 saturated heterocycles. The molecule has 0 amide bonds. The lowest BCUT2D eigenvalue weighted by atomic mass is 10.1. The third-order valence-electron chi connectivity index (χ3n) is 3.71. The van der Waals surface area contributed by atoms with E-state index < -0.39 is 14.9 Å². The van der Waals surface area contributed by atoms with Crippen molar-refractivity contribution in [3.05, 3.63) is 51.6 Å². The first-order valence-corrected chi connectivity index (χ1v) is 8.68. The third-order valence-corrected chi connectivity index (χ3v) is 5.10. The molecule has 0 fully saturated rings. The van der Waals surface area contributed by atoms with E-state index in [0.29, 0.717) is 0 Å². The molecule has 0 spiro atoms. The second-order valence-corrected chi connectivity index (χ2v) is 6.99. The van der Waals surface area contributed by atoms with Gasteiger partial charge < -0.3 is 9.47 Å². The summed E-state index contributed by atoms with van der Waals surface area (Å²) in [6.07, 6.45) is 0. The molecule has 25 heavy (non-hydrogen) atoms. The zero-order valence-corrected chi connectivity index (χ0v) is 15.0. The van der Waals surface area contributed by atoms with E-state index in [0.717, 1.165) is 17.2 Å². The molecular formula is C16H18N2O6S. The standard InChI is InChI=1S/C16H18N2O6S/c1-10-7-15(24-4)16(8-11(10)2)25(21,22)17-13-6-5-12(18(19)20)9-14(13)23-3/h5-9,17H,1-4H3. The number of rotatable bonds is 6. The minimum Gasteiger partial charge on any atom is -0.495 e. The van der Waals surface area contributed by atoms with Gasteiger partial charge in [0.2, 0.25) is 0 Å². The molecule has 0 unspecified atom stereocenters. The average Bonchev–Trinajstić information content (AvgIpc) is 2.56. The third kappa shape index (κ3) is 3.82. The Balaban J connectivity index is 2.50. The lowest BCUT2D eigenvalue weighted by Gasteiger charge is -2.15. The Morgan fingerprint density at radius 1 is 1.00 bits per heavy atom. The minimum absolute atomic E-state index is 0.0292. The van der Waals surface area contributed by atoms with E-state index in [1.807, 2.05) is 6.92 Å². The van der Waals surface area contributed by atoms with Gasteiger partial charge in [0.1, 0.15) is 16.4 Å². The number of nitro groups is 1. The van der Waals surface area contributed by atoms with Crippen LogP contribution in [0.25, 0.3) is 0 Å². The predicted molar refractivity (Wildman–Crippen MR) is 92.9 cm³/mol. The van der Waals surface area contributed by atoms with Crippen LogP contribution in [0.2, 0.25) is 0 Å². The number of nitro benzene ring substituents is 1. The van der Waals surface area contributed by atoms with Crippen molar-refractivity contribution in [3.8, 4) is 11.5 Å². The topological polar surface area (TPSA) is 108 Å². The number of ether oxygens (including phenoxy) is 2. The Kier molecular flexibility index (Phi) is 5.17. The van der Waals surface area contributed by atoms with E-state index >= 15 is 0 Å². The summed E-state index contributed by atoms with van der Waals surface area (Å²) < 4.78 is 38.1. The maximum Gasteiger partial charge on any atom is 0.273 e. The smallest absolute Gasteiger partial charge is 0.273 e. The second kappa shape index (κ2) is 6.98. The van der Waals surface area contributed by atoms with E-state index in [1.165, 1.54) is 32.4 Å². The van der Waals surface area contributed by atoms with Crippen molar-refractivity contribution in [2.24, 2.45) is 0 Å². The highest BCUT2D eigenvalue weighted by Gasteiger charge is 2.23. The Morgan fingerprint density at radius 3 is 2.16 bits per heavy atom. The Morgan fingerprint density at radius 2 is 1.60 bits per heavy atom. The van der Waals surface area contributed by atoms with Gasteiger partial charge in [0.05, 0.1) is 30.9 Å². The SMILES string of the molecule is COc1cc([N+](=O)[O-])ccc1NS(=O)(=O)c1cc(C)c(C)cc1OC. The number of anilines is 1. The van der Waals surface area contributed by atoms with Crippen molar-refractivity contribution >= 4 is 21.4 Å². The lowest BCUT2D eigenvalue weighted by Crippen LogP contribution is -2.15. The first-order valence-electron chi connectivity index (χ1n) is 7.20. The van der Waals surface area contributed by atoms with Gasteiger partial charge in [0, 0.05) is 6.07 Å². The molecule has 8 nitrogen and oxygen atoms in total. The molecule has 0 bridgehead atoms. The van der Waals surface area contributed by atoms with Gasteiger partial charge in [0.25, 0.3) is 15.7 Å². The van der Waals surface area contributed by atoms with Gasteiger partial charge in [-0.3, -0.25) is 14.8 Å². The molecule has 9 heteroatoms. The number of benzene rings is 2. The number of sulfonamides is 1. The summed E-state index contributed by atoms with van der Waals surface area (Å²) in [5.74, 6) is 0.247. The van der Waals surface area contributed by atoms with Crippen LogP contribution in [0.3, 0.4) is 0 Å². The van der Waals surface area contributed by atoms with Crippen LogP contribution in [0.1, 0.15) is 11.1 Å². The fourth-order valence-electron chi connectivity index (χ4n) is 2.21. The average molecular weight is 366 g/mol. The van der Waals surface area contributed by atoms with Crippen LogP contribution in [0.5, 0.6) is 11.5 Å². The fraction of sp³-hybridized carbons (Fsp3) is 0.250. The Labute approximate surface area is 145 Å². The minimum atomic E-state index is -3.99. The number of hydrogen-bond donors (Lipinski definition) is 1. The number of nitrogens with one attached hydrogen (secondary N) is 1. The molecule has 0 aliphatic rings. The molecule has 2 rings (SSSR count). The first kappa shape index (κ1) is 18.5. The summed E-state index contributed by atoms with van der Waals surface area (Å²) in [5.41, 5.74) is 1.57. The highest BCUT2D eigenvalue weighted by Crippen LogP contribution is 2.33. The summed E-state index contributed by atoms with van der Waals surface area (Å²) in [6.45, 7) is 3.64.